The van der Waals surface area contributed by atoms with Gasteiger partial charge in [0.2, 0.25) is 0 Å². The molecule has 1 aromatic heterocycles. The highest BCUT2D eigenvalue weighted by atomic mass is 15.0. The third-order valence-electron chi connectivity index (χ3n) is 6.10. The van der Waals surface area contributed by atoms with Crippen LogP contribution in [0.4, 0.5) is 0 Å². The fourth-order valence-corrected chi connectivity index (χ4v) is 3.61. The van der Waals surface area contributed by atoms with E-state index in [0.717, 1.165) is 54.3 Å². The first kappa shape index (κ1) is 25.3. The van der Waals surface area contributed by atoms with Gasteiger partial charge in [-0.25, -0.2) is 15.0 Å². The molecule has 3 heteroatoms. The number of aryl methyl sites for hydroxylation is 1. The van der Waals surface area contributed by atoms with Gasteiger partial charge >= 0.3 is 0 Å². The van der Waals surface area contributed by atoms with E-state index < -0.39 is 0 Å². The molecule has 0 spiro atoms. The summed E-state index contributed by atoms with van der Waals surface area (Å²) in [5.74, 6) is 2.34. The maximum atomic E-state index is 4.87. The Morgan fingerprint density at radius 2 is 1.74 bits per heavy atom. The molecule has 0 fully saturated rings. The Balaban J connectivity index is 1.91. The summed E-state index contributed by atoms with van der Waals surface area (Å²) in [5.41, 5.74) is 4.90. The van der Waals surface area contributed by atoms with Crippen LogP contribution in [0.1, 0.15) is 65.5 Å². The molecule has 0 amide bonds. The number of hydrogen-bond donors (Lipinski definition) is 0. The van der Waals surface area contributed by atoms with Gasteiger partial charge in [-0.3, -0.25) is 0 Å². The molecule has 34 heavy (non-hydrogen) atoms. The molecule has 1 aliphatic rings. The molecule has 0 radical (unpaired) electrons. The molecule has 1 aromatic carbocycles. The molecule has 0 saturated heterocycles. The number of nitrogens with zero attached hydrogens (tertiary/aromatic N) is 3. The molecule has 0 N–H and O–H groups in total. The third-order valence-corrected chi connectivity index (χ3v) is 6.10. The van der Waals surface area contributed by atoms with Crippen LogP contribution in [0.25, 0.3) is 17.0 Å². The van der Waals surface area contributed by atoms with Crippen molar-refractivity contribution in [2.45, 2.75) is 60.3 Å². The average Bonchev–Trinajstić information content (AvgIpc) is 3.13. The minimum Gasteiger partial charge on any atom is -0.213 e. The van der Waals surface area contributed by atoms with Gasteiger partial charge in [0.05, 0.1) is 0 Å². The van der Waals surface area contributed by atoms with Crippen LogP contribution < -0.4 is 0 Å². The molecule has 0 atom stereocenters. The monoisotopic (exact) mass is 451 g/mol. The Morgan fingerprint density at radius 1 is 0.971 bits per heavy atom. The summed E-state index contributed by atoms with van der Waals surface area (Å²) < 4.78 is 0. The van der Waals surface area contributed by atoms with Crippen LogP contribution in [0.2, 0.25) is 0 Å². The molecule has 3 nitrogen and oxygen atoms in total. The zero-order valence-electron chi connectivity index (χ0n) is 21.3. The normalized spacial score (nSPS) is 14.3. The highest BCUT2D eigenvalue weighted by Gasteiger charge is 2.19. The van der Waals surface area contributed by atoms with Crippen LogP contribution in [-0.4, -0.2) is 15.0 Å². The quantitative estimate of drug-likeness (QED) is 0.360. The van der Waals surface area contributed by atoms with Gasteiger partial charge in [0, 0.05) is 17.6 Å². The zero-order chi connectivity index (χ0) is 24.4. The second-order valence-electron chi connectivity index (χ2n) is 9.51. The number of hydrogen-bond acceptors (Lipinski definition) is 3. The Morgan fingerprint density at radius 3 is 2.47 bits per heavy atom. The standard InChI is InChI=1S/C31H37N3/c1-6-31(4,5)27(21-14-16-24(2)3)22-15-23-28-32-29(25-17-10-7-8-11-18-25)34-30(33-28)26-19-12-9-13-20-26/h7-14,16-17,19-22H,6,15,18,23H2,1-5H3/b21-14-,27-22+. The highest BCUT2D eigenvalue weighted by molar-refractivity contribution is 5.66. The first-order valence-electron chi connectivity index (χ1n) is 12.2. The molecule has 1 aliphatic carbocycles. The van der Waals surface area contributed by atoms with Crippen LogP contribution in [0, 0.1) is 5.41 Å². The Labute approximate surface area is 205 Å². The second-order valence-corrected chi connectivity index (χ2v) is 9.51. The SMILES string of the molecule is CCC(C)(C)C(/C=C\C=C(C)C)=C/CCc1nc(C2=CC=CC=CC2)nc(-c2ccccc2)n1. The molecule has 1 heterocycles. The van der Waals surface area contributed by atoms with E-state index in [-0.39, 0.29) is 5.41 Å². The molecule has 0 bridgehead atoms. The van der Waals surface area contributed by atoms with E-state index in [1.165, 1.54) is 11.1 Å². The second kappa shape index (κ2) is 12.2. The molecule has 3 rings (SSSR count). The van der Waals surface area contributed by atoms with Crippen molar-refractivity contribution >= 4 is 5.57 Å². The predicted octanol–water partition coefficient (Wildman–Crippen LogP) is 8.26. The maximum absolute atomic E-state index is 4.87. The third kappa shape index (κ3) is 7.34. The van der Waals surface area contributed by atoms with Crippen LogP contribution in [0.5, 0.6) is 0 Å². The van der Waals surface area contributed by atoms with Crippen molar-refractivity contribution in [3.05, 3.63) is 108 Å². The van der Waals surface area contributed by atoms with E-state index in [4.69, 9.17) is 15.0 Å². The predicted molar refractivity (Wildman–Crippen MR) is 145 cm³/mol. The minimum atomic E-state index is 0.120. The van der Waals surface area contributed by atoms with Crippen LogP contribution >= 0.6 is 0 Å². The van der Waals surface area contributed by atoms with E-state index >= 15 is 0 Å². The summed E-state index contributed by atoms with van der Waals surface area (Å²) in [6.45, 7) is 11.1. The molecule has 0 unspecified atom stereocenters. The summed E-state index contributed by atoms with van der Waals surface area (Å²) in [4.78, 5) is 14.5. The zero-order valence-corrected chi connectivity index (χ0v) is 21.3. The topological polar surface area (TPSA) is 38.7 Å². The Kier molecular flexibility index (Phi) is 9.09. The van der Waals surface area contributed by atoms with Gasteiger partial charge < -0.3 is 0 Å². The number of benzene rings is 1. The van der Waals surface area contributed by atoms with Gasteiger partial charge in [0.25, 0.3) is 0 Å². The van der Waals surface area contributed by atoms with Crippen molar-refractivity contribution in [3.8, 4) is 11.4 Å². The molecular weight excluding hydrogens is 414 g/mol. The van der Waals surface area contributed by atoms with E-state index in [9.17, 15) is 0 Å². The van der Waals surface area contributed by atoms with E-state index in [0.29, 0.717) is 0 Å². The lowest BCUT2D eigenvalue weighted by molar-refractivity contribution is 0.438. The fourth-order valence-electron chi connectivity index (χ4n) is 3.61. The van der Waals surface area contributed by atoms with Crippen molar-refractivity contribution in [2.24, 2.45) is 5.41 Å². The van der Waals surface area contributed by atoms with Crippen molar-refractivity contribution in [1.29, 1.82) is 0 Å². The summed E-state index contributed by atoms with van der Waals surface area (Å²) in [5, 5.41) is 0. The van der Waals surface area contributed by atoms with Crippen molar-refractivity contribution in [2.75, 3.05) is 0 Å². The lowest BCUT2D eigenvalue weighted by Gasteiger charge is -2.24. The Hall–Kier alpha value is -3.33. The van der Waals surface area contributed by atoms with E-state index in [1.807, 2.05) is 30.4 Å². The molecule has 176 valence electrons. The number of aromatic nitrogens is 3. The summed E-state index contributed by atoms with van der Waals surface area (Å²) in [6, 6.07) is 10.2. The maximum Gasteiger partial charge on any atom is 0.163 e. The summed E-state index contributed by atoms with van der Waals surface area (Å²) >= 11 is 0. The van der Waals surface area contributed by atoms with Gasteiger partial charge in [0.15, 0.2) is 11.6 Å². The fraction of sp³-hybridized carbons (Fsp3) is 0.323. The van der Waals surface area contributed by atoms with Gasteiger partial charge in [-0.1, -0.05) is 111 Å². The lowest BCUT2D eigenvalue weighted by atomic mass is 9.80. The van der Waals surface area contributed by atoms with Crippen molar-refractivity contribution in [3.63, 3.8) is 0 Å². The van der Waals surface area contributed by atoms with E-state index in [1.54, 1.807) is 0 Å². The first-order valence-corrected chi connectivity index (χ1v) is 12.2. The van der Waals surface area contributed by atoms with Gasteiger partial charge in [-0.2, -0.15) is 0 Å². The smallest absolute Gasteiger partial charge is 0.163 e. The molecular formula is C31H37N3. The lowest BCUT2D eigenvalue weighted by Crippen LogP contribution is -2.12. The average molecular weight is 452 g/mol. The van der Waals surface area contributed by atoms with Crippen LogP contribution in [0.3, 0.4) is 0 Å². The molecule has 0 saturated carbocycles. The van der Waals surface area contributed by atoms with Gasteiger partial charge in [0.1, 0.15) is 5.82 Å². The Bertz CT molecular complexity index is 1140. The first-order chi connectivity index (χ1) is 16.4. The van der Waals surface area contributed by atoms with Gasteiger partial charge in [-0.15, -0.1) is 0 Å². The highest BCUT2D eigenvalue weighted by Crippen LogP contribution is 2.31. The number of rotatable bonds is 9. The summed E-state index contributed by atoms with van der Waals surface area (Å²) in [7, 11) is 0. The van der Waals surface area contributed by atoms with Crippen LogP contribution in [-0.2, 0) is 6.42 Å². The minimum absolute atomic E-state index is 0.120. The van der Waals surface area contributed by atoms with E-state index in [2.05, 4.69) is 89.3 Å². The van der Waals surface area contributed by atoms with Crippen LogP contribution in [0.15, 0.2) is 96.2 Å². The molecule has 0 aliphatic heterocycles. The van der Waals surface area contributed by atoms with Gasteiger partial charge in [-0.05, 0) is 44.1 Å². The molecule has 2 aromatic rings. The van der Waals surface area contributed by atoms with Crippen molar-refractivity contribution < 1.29 is 0 Å². The number of allylic oxidation sites excluding steroid dienone is 12. The largest absolute Gasteiger partial charge is 0.213 e. The summed E-state index contributed by atoms with van der Waals surface area (Å²) in [6.07, 6.45) is 22.9. The van der Waals surface area contributed by atoms with Crippen molar-refractivity contribution in [1.82, 2.24) is 15.0 Å².